The Labute approximate surface area is 571 Å². The first-order valence-electron chi connectivity index (χ1n) is 38.8. The molecule has 0 saturated heterocycles. The summed E-state index contributed by atoms with van der Waals surface area (Å²) in [5.74, 6) is 8.64. The van der Waals surface area contributed by atoms with E-state index in [0.29, 0.717) is 11.7 Å². The first-order valence-corrected chi connectivity index (χ1v) is 38.8. The molecular formula is C84H123F3O8. The Morgan fingerprint density at radius 1 is 0.305 bits per heavy atom. The van der Waals surface area contributed by atoms with Crippen LogP contribution in [0.1, 0.15) is 282 Å². The number of benzene rings is 3. The standard InChI is InChI=1S/C21H28F2O2.C21H29FO2.C21H36O2.C21H30O2/c1-13-3-6-15(7-4-13)16-8-10-17(11-9-16)21(24)25-18-12-5-14(2)19(22)20(18)23;1-14-3-6-16(7-4-14)17-8-10-18(11-9-17)21(23)24-20-12-5-15(2)13-19(20)22;2*1-15-3-7-17(8-4-15)18-9-11-19(12-10-18)21(22)23-20-13-5-16(2)6-14-20/h5,12-13,15-17H,3-4,6-11H2,1-2H3;5,12-14,16-18H,3-4,6-11H2,1-2H3;15-20H,3-14H2,1-2H3;5-6,13-15,17-19H,3-4,7-12H2,1-2H3. The monoisotopic (exact) mass is 1320 g/mol. The average molecular weight is 1320 g/mol. The molecular weight excluding hydrogens is 1190 g/mol. The molecule has 528 valence electrons. The summed E-state index contributed by atoms with van der Waals surface area (Å²) in [5, 5.41) is 0. The maximum absolute atomic E-state index is 13.9. The predicted octanol–water partition coefficient (Wildman–Crippen LogP) is 22.8. The van der Waals surface area contributed by atoms with Gasteiger partial charge in [-0.05, 0) is 319 Å². The Hall–Kier alpha value is -4.67. The SMILES string of the molecule is CC1CCC(OC(=O)C2CCC(C3CCC(C)CC3)CC2)CC1.Cc1ccc(OC(=O)C2CCC(C3CCC(C)CC3)CC2)c(F)c1.Cc1ccc(OC(=O)C2CCC(C3CCC(C)CC3)CC2)c(F)c1F.Cc1ccc(OC(=O)C2CCC(C3CCC(C)CC3)CC2)cc1. The molecule has 9 fully saturated rings. The number of rotatable bonds is 12. The van der Waals surface area contributed by atoms with Crippen LogP contribution in [0.5, 0.6) is 17.2 Å². The van der Waals surface area contributed by atoms with Gasteiger partial charge in [0.1, 0.15) is 11.9 Å². The summed E-state index contributed by atoms with van der Waals surface area (Å²) in [7, 11) is 0. The van der Waals surface area contributed by atoms with Crippen LogP contribution in [0.2, 0.25) is 0 Å². The second kappa shape index (κ2) is 37.0. The maximum Gasteiger partial charge on any atom is 0.314 e. The Bertz CT molecular complexity index is 2820. The lowest BCUT2D eigenvalue weighted by molar-refractivity contribution is -0.157. The normalized spacial score (nSPS) is 33.5. The highest BCUT2D eigenvalue weighted by atomic mass is 19.2. The van der Waals surface area contributed by atoms with Crippen molar-refractivity contribution in [3.05, 3.63) is 88.7 Å². The summed E-state index contributed by atoms with van der Waals surface area (Å²) in [5.41, 5.74) is 2.22. The van der Waals surface area contributed by atoms with Crippen molar-refractivity contribution in [2.75, 3.05) is 0 Å². The van der Waals surface area contributed by atoms with Crippen LogP contribution in [-0.2, 0) is 23.9 Å². The van der Waals surface area contributed by atoms with Gasteiger partial charge in [0, 0.05) is 0 Å². The zero-order valence-corrected chi connectivity index (χ0v) is 59.9. The summed E-state index contributed by atoms with van der Waals surface area (Å²) in [6, 6.07) is 15.3. The van der Waals surface area contributed by atoms with Crippen LogP contribution < -0.4 is 14.2 Å². The van der Waals surface area contributed by atoms with E-state index in [9.17, 15) is 32.3 Å². The van der Waals surface area contributed by atoms with Gasteiger partial charge in [0.25, 0.3) is 0 Å². The molecule has 11 heteroatoms. The summed E-state index contributed by atoms with van der Waals surface area (Å²) >= 11 is 0. The lowest BCUT2D eigenvalue weighted by atomic mass is 9.69. The first-order chi connectivity index (χ1) is 45.7. The molecule has 3 aromatic rings. The molecule has 8 nitrogen and oxygen atoms in total. The number of aryl methyl sites for hydroxylation is 3. The van der Waals surface area contributed by atoms with E-state index in [2.05, 4.69) is 34.6 Å². The summed E-state index contributed by atoms with van der Waals surface area (Å²) in [6.45, 7) is 17.1. The lowest BCUT2D eigenvalue weighted by Crippen LogP contribution is -2.31. The summed E-state index contributed by atoms with van der Waals surface area (Å²) < 4.78 is 63.2. The zero-order chi connectivity index (χ0) is 67.5. The first kappa shape index (κ1) is 74.6. The van der Waals surface area contributed by atoms with Gasteiger partial charge in [-0.3, -0.25) is 19.2 Å². The minimum Gasteiger partial charge on any atom is -0.462 e. The molecule has 0 atom stereocenters. The zero-order valence-electron chi connectivity index (χ0n) is 59.9. The Balaban J connectivity index is 0.000000149. The van der Waals surface area contributed by atoms with Crippen LogP contribution >= 0.6 is 0 Å². The number of hydrogen-bond acceptors (Lipinski definition) is 8. The number of hydrogen-bond donors (Lipinski definition) is 0. The van der Waals surface area contributed by atoms with Gasteiger partial charge in [0.2, 0.25) is 5.82 Å². The van der Waals surface area contributed by atoms with Crippen LogP contribution in [0, 0.1) is 139 Å². The van der Waals surface area contributed by atoms with Gasteiger partial charge in [-0.1, -0.05) is 116 Å². The fourth-order valence-corrected chi connectivity index (χ4v) is 18.5. The molecule has 12 rings (SSSR count). The molecule has 0 heterocycles. The van der Waals surface area contributed by atoms with E-state index in [1.807, 2.05) is 38.1 Å². The fraction of sp³-hybridized carbons (Fsp3) is 0.738. The fourth-order valence-electron chi connectivity index (χ4n) is 18.5. The van der Waals surface area contributed by atoms with Crippen LogP contribution in [0.25, 0.3) is 0 Å². The van der Waals surface area contributed by atoms with Crippen molar-refractivity contribution >= 4 is 23.9 Å². The largest absolute Gasteiger partial charge is 0.462 e. The average Bonchev–Trinajstić information content (AvgIpc) is 3.11. The number of esters is 4. The van der Waals surface area contributed by atoms with E-state index in [4.69, 9.17) is 18.9 Å². The predicted molar refractivity (Wildman–Crippen MR) is 374 cm³/mol. The van der Waals surface area contributed by atoms with E-state index >= 15 is 0 Å². The Morgan fingerprint density at radius 3 is 0.937 bits per heavy atom. The molecule has 3 aromatic carbocycles. The summed E-state index contributed by atoms with van der Waals surface area (Å²) in [6.07, 6.45) is 43.7. The molecule has 0 spiro atoms. The van der Waals surface area contributed by atoms with Gasteiger partial charge < -0.3 is 18.9 Å². The minimum atomic E-state index is -1.07. The second-order valence-electron chi connectivity index (χ2n) is 32.9. The number of ether oxygens (including phenoxy) is 4. The van der Waals surface area contributed by atoms with Crippen LogP contribution in [0.15, 0.2) is 54.6 Å². The van der Waals surface area contributed by atoms with Crippen molar-refractivity contribution in [2.45, 2.75) is 293 Å². The van der Waals surface area contributed by atoms with Gasteiger partial charge in [-0.2, -0.15) is 4.39 Å². The molecule has 9 aliphatic rings. The quantitative estimate of drug-likeness (QED) is 0.130. The van der Waals surface area contributed by atoms with Crippen LogP contribution in [-0.4, -0.2) is 30.0 Å². The van der Waals surface area contributed by atoms with Crippen LogP contribution in [0.4, 0.5) is 13.2 Å². The van der Waals surface area contributed by atoms with E-state index in [0.717, 1.165) is 166 Å². The van der Waals surface area contributed by atoms with Gasteiger partial charge in [-0.25, -0.2) is 8.78 Å². The number of carbonyl (C=O) groups is 4. The highest BCUT2D eigenvalue weighted by Crippen LogP contribution is 2.46. The van der Waals surface area contributed by atoms with Crippen molar-refractivity contribution < 1.29 is 51.3 Å². The molecule has 9 saturated carbocycles. The van der Waals surface area contributed by atoms with E-state index < -0.39 is 23.4 Å². The van der Waals surface area contributed by atoms with E-state index in [1.165, 1.54) is 172 Å². The van der Waals surface area contributed by atoms with E-state index in [1.54, 1.807) is 12.1 Å². The number of carbonyl (C=O) groups excluding carboxylic acids is 4. The maximum atomic E-state index is 13.9. The highest BCUT2D eigenvalue weighted by molar-refractivity contribution is 5.76. The second-order valence-corrected chi connectivity index (χ2v) is 32.9. The van der Waals surface area contributed by atoms with Crippen molar-refractivity contribution in [1.29, 1.82) is 0 Å². The molecule has 0 N–H and O–H groups in total. The molecule has 95 heavy (non-hydrogen) atoms. The molecule has 0 radical (unpaired) electrons. The molecule has 0 amide bonds. The van der Waals surface area contributed by atoms with Crippen molar-refractivity contribution in [2.24, 2.45) is 101 Å². The van der Waals surface area contributed by atoms with Crippen LogP contribution in [0.3, 0.4) is 0 Å². The molecule has 0 aromatic heterocycles. The van der Waals surface area contributed by atoms with Gasteiger partial charge in [0.05, 0.1) is 23.7 Å². The topological polar surface area (TPSA) is 105 Å². The third-order valence-electron chi connectivity index (χ3n) is 25.6. The minimum absolute atomic E-state index is 0.0235. The Kier molecular flexibility index (Phi) is 29.0. The number of halogens is 3. The third-order valence-corrected chi connectivity index (χ3v) is 25.6. The Morgan fingerprint density at radius 2 is 0.589 bits per heavy atom. The molecule has 0 aliphatic heterocycles. The molecule has 0 bridgehead atoms. The molecule has 0 unspecified atom stereocenters. The van der Waals surface area contributed by atoms with Crippen molar-refractivity contribution in [3.63, 3.8) is 0 Å². The third kappa shape index (κ3) is 22.7. The van der Waals surface area contributed by atoms with Crippen molar-refractivity contribution in [3.8, 4) is 17.2 Å². The van der Waals surface area contributed by atoms with E-state index in [-0.39, 0.29) is 64.7 Å². The molecule has 9 aliphatic carbocycles. The lowest BCUT2D eigenvalue weighted by Gasteiger charge is -2.37. The van der Waals surface area contributed by atoms with Gasteiger partial charge >= 0.3 is 23.9 Å². The van der Waals surface area contributed by atoms with Gasteiger partial charge in [0.15, 0.2) is 23.1 Å². The highest BCUT2D eigenvalue weighted by Gasteiger charge is 2.38. The van der Waals surface area contributed by atoms with Crippen molar-refractivity contribution in [1.82, 2.24) is 0 Å². The van der Waals surface area contributed by atoms with Gasteiger partial charge in [-0.15, -0.1) is 0 Å². The summed E-state index contributed by atoms with van der Waals surface area (Å²) in [4.78, 5) is 49.5. The smallest absolute Gasteiger partial charge is 0.314 e.